The second-order valence-corrected chi connectivity index (χ2v) is 6.03. The quantitative estimate of drug-likeness (QED) is 0.634. The molecule has 0 radical (unpaired) electrons. The molecule has 0 amide bonds. The van der Waals surface area contributed by atoms with Crippen LogP contribution in [-0.4, -0.2) is 18.4 Å². The van der Waals surface area contributed by atoms with Gasteiger partial charge in [-0.1, -0.05) is 55.5 Å². The number of hydrogen-bond acceptors (Lipinski definition) is 3. The van der Waals surface area contributed by atoms with Crippen LogP contribution < -0.4 is 0 Å². The van der Waals surface area contributed by atoms with Gasteiger partial charge in [-0.2, -0.15) is 0 Å². The van der Waals surface area contributed by atoms with Gasteiger partial charge in [0.1, 0.15) is 11.9 Å². The van der Waals surface area contributed by atoms with Crippen LogP contribution in [0.15, 0.2) is 66.9 Å². The number of carbonyl (C=O) groups excluding carboxylic acids is 1. The number of aromatic nitrogens is 1. The van der Waals surface area contributed by atoms with Crippen LogP contribution >= 0.6 is 0 Å². The maximum Gasteiger partial charge on any atom is 0.122 e. The summed E-state index contributed by atoms with van der Waals surface area (Å²) in [5.74, 6) is -0.0228. The summed E-state index contributed by atoms with van der Waals surface area (Å²) in [5, 5.41) is 1.06. The highest BCUT2D eigenvalue weighted by Gasteiger charge is 2.40. The molecule has 2 atom stereocenters. The second-order valence-electron chi connectivity index (χ2n) is 6.03. The number of ether oxygens (including phenoxy) is 1. The van der Waals surface area contributed by atoms with Crippen molar-refractivity contribution >= 4 is 17.2 Å². The first-order valence-electron chi connectivity index (χ1n) is 8.12. The van der Waals surface area contributed by atoms with E-state index >= 15 is 0 Å². The summed E-state index contributed by atoms with van der Waals surface area (Å²) < 4.78 is 6.07. The van der Waals surface area contributed by atoms with Gasteiger partial charge in [0.05, 0.1) is 5.52 Å². The molecule has 3 nitrogen and oxygen atoms in total. The lowest BCUT2D eigenvalue weighted by Crippen LogP contribution is -2.37. The Kier molecular flexibility index (Phi) is 4.72. The molecule has 3 aromatic rings. The van der Waals surface area contributed by atoms with Crippen LogP contribution in [0.2, 0.25) is 0 Å². The Morgan fingerprint density at radius 2 is 1.79 bits per heavy atom. The Bertz CT molecular complexity index is 831. The van der Waals surface area contributed by atoms with E-state index in [1.807, 2.05) is 67.7 Å². The molecule has 3 rings (SSSR count). The molecule has 0 aliphatic heterocycles. The Labute approximate surface area is 142 Å². The number of fused-ring (bicyclic) bond motifs is 1. The molecule has 0 saturated heterocycles. The zero-order valence-corrected chi connectivity index (χ0v) is 14.0. The molecule has 1 heterocycles. The SMILES string of the molecule is COC(c1ccccc1)(c1cnc2ccccc2c1)C(C)CC=O. The van der Waals surface area contributed by atoms with Gasteiger partial charge in [-0.3, -0.25) is 4.98 Å². The van der Waals surface area contributed by atoms with E-state index in [4.69, 9.17) is 4.74 Å². The monoisotopic (exact) mass is 319 g/mol. The van der Waals surface area contributed by atoms with Gasteiger partial charge in [0.2, 0.25) is 0 Å². The molecule has 3 heteroatoms. The smallest absolute Gasteiger partial charge is 0.122 e. The molecule has 0 spiro atoms. The van der Waals surface area contributed by atoms with Crippen molar-refractivity contribution in [3.8, 4) is 0 Å². The van der Waals surface area contributed by atoms with Crippen LogP contribution in [0.25, 0.3) is 10.9 Å². The molecule has 0 N–H and O–H groups in total. The number of methoxy groups -OCH3 is 1. The molecule has 2 aromatic carbocycles. The first-order chi connectivity index (χ1) is 11.7. The standard InChI is InChI=1S/C21H21NO2/c1-16(12-13-23)21(24-2,18-9-4-3-5-10-18)19-14-17-8-6-7-11-20(17)22-15-19/h3-11,13-16H,12H2,1-2H3. The van der Waals surface area contributed by atoms with Crippen LogP contribution in [0.4, 0.5) is 0 Å². The van der Waals surface area contributed by atoms with Gasteiger partial charge in [-0.05, 0) is 17.7 Å². The number of rotatable bonds is 6. The number of hydrogen-bond donors (Lipinski definition) is 0. The Morgan fingerprint density at radius 1 is 1.08 bits per heavy atom. The minimum atomic E-state index is -0.709. The highest BCUT2D eigenvalue weighted by atomic mass is 16.5. The summed E-state index contributed by atoms with van der Waals surface area (Å²) >= 11 is 0. The molecule has 0 bridgehead atoms. The van der Waals surface area contributed by atoms with E-state index in [2.05, 4.69) is 11.1 Å². The number of pyridine rings is 1. The molecule has 0 saturated carbocycles. The van der Waals surface area contributed by atoms with Crippen molar-refractivity contribution in [1.29, 1.82) is 0 Å². The minimum Gasteiger partial charge on any atom is -0.368 e. The molecule has 0 aliphatic carbocycles. The molecule has 0 fully saturated rings. The van der Waals surface area contributed by atoms with E-state index < -0.39 is 5.60 Å². The Morgan fingerprint density at radius 3 is 2.50 bits per heavy atom. The summed E-state index contributed by atoms with van der Waals surface area (Å²) in [4.78, 5) is 15.8. The van der Waals surface area contributed by atoms with E-state index in [0.29, 0.717) is 6.42 Å². The van der Waals surface area contributed by atoms with E-state index in [0.717, 1.165) is 28.3 Å². The molecule has 1 aromatic heterocycles. The number of aldehydes is 1. The van der Waals surface area contributed by atoms with Gasteiger partial charge in [-0.25, -0.2) is 0 Å². The number of benzene rings is 2. The van der Waals surface area contributed by atoms with Crippen molar-refractivity contribution in [3.63, 3.8) is 0 Å². The average molecular weight is 319 g/mol. The van der Waals surface area contributed by atoms with Crippen molar-refractivity contribution in [2.24, 2.45) is 5.92 Å². The Hall–Kier alpha value is -2.52. The first kappa shape index (κ1) is 16.3. The largest absolute Gasteiger partial charge is 0.368 e. The van der Waals surface area contributed by atoms with Gasteiger partial charge >= 0.3 is 0 Å². The summed E-state index contributed by atoms with van der Waals surface area (Å²) in [6.45, 7) is 2.04. The summed E-state index contributed by atoms with van der Waals surface area (Å²) in [5.41, 5.74) is 2.23. The lowest BCUT2D eigenvalue weighted by Gasteiger charge is -2.38. The maximum atomic E-state index is 11.2. The lowest BCUT2D eigenvalue weighted by atomic mass is 9.75. The van der Waals surface area contributed by atoms with Gasteiger partial charge in [-0.15, -0.1) is 0 Å². The van der Waals surface area contributed by atoms with Gasteiger partial charge in [0.25, 0.3) is 0 Å². The molecule has 122 valence electrons. The predicted octanol–water partition coefficient (Wildman–Crippen LogP) is 4.35. The lowest BCUT2D eigenvalue weighted by molar-refractivity contribution is -0.111. The van der Waals surface area contributed by atoms with Crippen LogP contribution in [0.5, 0.6) is 0 Å². The molecular weight excluding hydrogens is 298 g/mol. The van der Waals surface area contributed by atoms with Gasteiger partial charge < -0.3 is 9.53 Å². The zero-order valence-electron chi connectivity index (χ0n) is 14.0. The molecule has 24 heavy (non-hydrogen) atoms. The van der Waals surface area contributed by atoms with Gasteiger partial charge in [0, 0.05) is 36.6 Å². The minimum absolute atomic E-state index is 0.0228. The maximum absolute atomic E-state index is 11.2. The molecular formula is C21H21NO2. The third-order valence-electron chi connectivity index (χ3n) is 4.69. The van der Waals surface area contributed by atoms with Crippen molar-refractivity contribution in [3.05, 3.63) is 78.0 Å². The van der Waals surface area contributed by atoms with Crippen molar-refractivity contribution in [2.45, 2.75) is 18.9 Å². The third kappa shape index (κ3) is 2.72. The van der Waals surface area contributed by atoms with Crippen LogP contribution in [0.1, 0.15) is 24.5 Å². The first-order valence-corrected chi connectivity index (χ1v) is 8.12. The van der Waals surface area contributed by atoms with Crippen molar-refractivity contribution < 1.29 is 9.53 Å². The summed E-state index contributed by atoms with van der Waals surface area (Å²) in [6.07, 6.45) is 3.23. The summed E-state index contributed by atoms with van der Waals surface area (Å²) in [7, 11) is 1.70. The molecule has 2 unspecified atom stereocenters. The number of nitrogens with zero attached hydrogens (tertiary/aromatic N) is 1. The van der Waals surface area contributed by atoms with Gasteiger partial charge in [0.15, 0.2) is 0 Å². The summed E-state index contributed by atoms with van der Waals surface area (Å²) in [6, 6.07) is 20.2. The Balaban J connectivity index is 2.24. The van der Waals surface area contributed by atoms with Crippen molar-refractivity contribution in [2.75, 3.05) is 7.11 Å². The second kappa shape index (κ2) is 6.93. The average Bonchev–Trinajstić information content (AvgIpc) is 2.64. The fourth-order valence-electron chi connectivity index (χ4n) is 3.44. The van der Waals surface area contributed by atoms with E-state index in [-0.39, 0.29) is 5.92 Å². The fraction of sp³-hybridized carbons (Fsp3) is 0.238. The van der Waals surface area contributed by atoms with Crippen molar-refractivity contribution in [1.82, 2.24) is 4.98 Å². The number of carbonyl (C=O) groups is 1. The predicted molar refractivity (Wildman–Crippen MR) is 95.8 cm³/mol. The van der Waals surface area contributed by atoms with E-state index in [9.17, 15) is 4.79 Å². The van der Waals surface area contributed by atoms with Crippen LogP contribution in [-0.2, 0) is 15.1 Å². The highest BCUT2D eigenvalue weighted by Crippen LogP contribution is 2.41. The third-order valence-corrected chi connectivity index (χ3v) is 4.69. The molecule has 0 aliphatic rings. The van der Waals surface area contributed by atoms with Crippen LogP contribution in [0, 0.1) is 5.92 Å². The van der Waals surface area contributed by atoms with E-state index in [1.165, 1.54) is 0 Å². The van der Waals surface area contributed by atoms with Crippen LogP contribution in [0.3, 0.4) is 0 Å². The van der Waals surface area contributed by atoms with E-state index in [1.54, 1.807) is 7.11 Å². The number of para-hydroxylation sites is 1. The normalized spacial score (nSPS) is 14.9. The highest BCUT2D eigenvalue weighted by molar-refractivity contribution is 5.79. The fourth-order valence-corrected chi connectivity index (χ4v) is 3.44. The zero-order chi connectivity index (χ0) is 17.0. The topological polar surface area (TPSA) is 39.2 Å².